The molecule has 0 aliphatic carbocycles. The van der Waals surface area contributed by atoms with Crippen LogP contribution in [0.3, 0.4) is 0 Å². The van der Waals surface area contributed by atoms with E-state index < -0.39 is 5.97 Å². The number of carboxylic acid groups (broad SMARTS) is 1. The Kier molecular flexibility index (Phi) is 16.4. The van der Waals surface area contributed by atoms with Crippen LogP contribution >= 0.6 is 0 Å². The number of rotatable bonds is 20. The number of hydrogen-bond acceptors (Lipinski definition) is 4. The first kappa shape index (κ1) is 28.2. The molecule has 1 N–H and O–H groups in total. The Balaban J connectivity index is 2.49. The summed E-state index contributed by atoms with van der Waals surface area (Å²) in [6.45, 7) is 4.21. The van der Waals surface area contributed by atoms with Crippen LogP contribution in [0.4, 0.5) is 0 Å². The average molecular weight is 449 g/mol. The minimum absolute atomic E-state index is 0.0868. The number of esters is 1. The first-order chi connectivity index (χ1) is 15.5. The zero-order chi connectivity index (χ0) is 23.4. The number of unbranched alkanes of at least 4 members (excludes halogenated alkanes) is 9. The maximum absolute atomic E-state index is 11.8. The van der Waals surface area contributed by atoms with E-state index in [1.165, 1.54) is 19.8 Å². The molecule has 5 heteroatoms. The molecule has 2 unspecified atom stereocenters. The molecule has 32 heavy (non-hydrogen) atoms. The van der Waals surface area contributed by atoms with Gasteiger partial charge in [0.1, 0.15) is 6.10 Å². The third-order valence-corrected chi connectivity index (χ3v) is 5.76. The van der Waals surface area contributed by atoms with E-state index in [0.717, 1.165) is 76.2 Å². The van der Waals surface area contributed by atoms with E-state index in [-0.39, 0.29) is 24.6 Å². The highest BCUT2D eigenvalue weighted by Gasteiger charge is 2.24. The van der Waals surface area contributed by atoms with Gasteiger partial charge in [0.2, 0.25) is 0 Å². The molecule has 0 spiro atoms. The van der Waals surface area contributed by atoms with Gasteiger partial charge in [-0.3, -0.25) is 9.59 Å². The normalized spacial score (nSPS) is 12.9. The number of benzene rings is 1. The highest BCUT2D eigenvalue weighted by molar-refractivity contribution is 5.66. The van der Waals surface area contributed by atoms with E-state index in [1.54, 1.807) is 0 Å². The van der Waals surface area contributed by atoms with Crippen LogP contribution in [0.25, 0.3) is 0 Å². The van der Waals surface area contributed by atoms with Gasteiger partial charge >= 0.3 is 11.9 Å². The van der Waals surface area contributed by atoms with Crippen molar-refractivity contribution >= 4 is 11.9 Å². The van der Waals surface area contributed by atoms with Gasteiger partial charge in [0.25, 0.3) is 0 Å². The molecule has 0 fully saturated rings. The summed E-state index contributed by atoms with van der Waals surface area (Å²) in [6.07, 6.45) is 13.6. The predicted octanol–water partition coefficient (Wildman–Crippen LogP) is 7.07. The summed E-state index contributed by atoms with van der Waals surface area (Å²) in [7, 11) is 0. The van der Waals surface area contributed by atoms with E-state index in [4.69, 9.17) is 14.6 Å². The number of aliphatic carboxylic acids is 1. The average Bonchev–Trinajstić information content (AvgIpc) is 2.77. The molecule has 0 heterocycles. The van der Waals surface area contributed by atoms with Crippen molar-refractivity contribution in [2.75, 3.05) is 0 Å². The Morgan fingerprint density at radius 2 is 1.38 bits per heavy atom. The van der Waals surface area contributed by atoms with Crippen LogP contribution in [0, 0.1) is 0 Å². The fourth-order valence-electron chi connectivity index (χ4n) is 3.97. The molecule has 0 aliphatic heterocycles. The van der Waals surface area contributed by atoms with Gasteiger partial charge in [0, 0.05) is 13.3 Å². The monoisotopic (exact) mass is 448 g/mol. The van der Waals surface area contributed by atoms with Crippen LogP contribution in [0.5, 0.6) is 0 Å². The highest BCUT2D eigenvalue weighted by Crippen LogP contribution is 2.21. The summed E-state index contributed by atoms with van der Waals surface area (Å²) < 4.78 is 12.0. The molecule has 2 atom stereocenters. The Hall–Kier alpha value is -1.88. The van der Waals surface area contributed by atoms with Crippen molar-refractivity contribution in [2.24, 2.45) is 0 Å². The number of carbonyl (C=O) groups excluding carboxylic acids is 1. The second kappa shape index (κ2) is 18.7. The third-order valence-electron chi connectivity index (χ3n) is 5.76. The highest BCUT2D eigenvalue weighted by atomic mass is 16.6. The Morgan fingerprint density at radius 3 is 1.97 bits per heavy atom. The van der Waals surface area contributed by atoms with E-state index in [0.29, 0.717) is 6.61 Å². The smallest absolute Gasteiger partial charge is 0.303 e. The lowest BCUT2D eigenvalue weighted by Crippen LogP contribution is -2.33. The molecular weight excluding hydrogens is 404 g/mol. The molecule has 0 saturated carbocycles. The lowest BCUT2D eigenvalue weighted by Gasteiger charge is -2.27. The van der Waals surface area contributed by atoms with Crippen LogP contribution in [0.15, 0.2) is 30.3 Å². The third kappa shape index (κ3) is 15.0. The van der Waals surface area contributed by atoms with Crippen molar-refractivity contribution in [2.45, 2.75) is 123 Å². The van der Waals surface area contributed by atoms with Gasteiger partial charge in [-0.15, -0.1) is 0 Å². The first-order valence-corrected chi connectivity index (χ1v) is 12.6. The summed E-state index contributed by atoms with van der Waals surface area (Å²) in [5.41, 5.74) is 1.13. The molecule has 5 nitrogen and oxygen atoms in total. The van der Waals surface area contributed by atoms with Crippen molar-refractivity contribution in [3.05, 3.63) is 35.9 Å². The van der Waals surface area contributed by atoms with E-state index in [1.807, 2.05) is 18.2 Å². The maximum atomic E-state index is 11.8. The van der Waals surface area contributed by atoms with Gasteiger partial charge in [0.15, 0.2) is 0 Å². The number of hydrogen-bond donors (Lipinski definition) is 1. The molecule has 1 aromatic rings. The van der Waals surface area contributed by atoms with Crippen LogP contribution in [0.1, 0.15) is 109 Å². The topological polar surface area (TPSA) is 72.8 Å². The first-order valence-electron chi connectivity index (χ1n) is 12.6. The summed E-state index contributed by atoms with van der Waals surface area (Å²) >= 11 is 0. The van der Waals surface area contributed by atoms with Crippen LogP contribution in [0.2, 0.25) is 0 Å². The molecule has 0 saturated heterocycles. The second-order valence-electron chi connectivity index (χ2n) is 8.74. The molecule has 0 aromatic heterocycles. The molecule has 0 radical (unpaired) electrons. The number of carboxylic acids is 1. The standard InChI is InChI=1S/C27H44O5/c1-3-4-5-14-20-26(32-23(2)28)25(31-22-24-17-12-11-13-18-24)19-15-9-7-6-8-10-16-21-27(29)30/h11-13,17-18,25-26H,3-10,14-16,19-22H2,1-2H3,(H,29,30). The molecule has 1 rings (SSSR count). The van der Waals surface area contributed by atoms with Crippen molar-refractivity contribution in [1.29, 1.82) is 0 Å². The zero-order valence-electron chi connectivity index (χ0n) is 20.2. The molecule has 182 valence electrons. The molecule has 0 aliphatic rings. The summed E-state index contributed by atoms with van der Waals surface area (Å²) in [4.78, 5) is 22.3. The van der Waals surface area contributed by atoms with Gasteiger partial charge in [-0.05, 0) is 31.2 Å². The Labute approximate surface area is 194 Å². The minimum Gasteiger partial charge on any atom is -0.481 e. The van der Waals surface area contributed by atoms with Gasteiger partial charge in [-0.1, -0.05) is 95.0 Å². The quantitative estimate of drug-likeness (QED) is 0.171. The van der Waals surface area contributed by atoms with Gasteiger partial charge in [-0.2, -0.15) is 0 Å². The van der Waals surface area contributed by atoms with E-state index in [2.05, 4.69) is 19.1 Å². The van der Waals surface area contributed by atoms with Gasteiger partial charge in [-0.25, -0.2) is 0 Å². The number of ether oxygens (including phenoxy) is 2. The van der Waals surface area contributed by atoms with Crippen molar-refractivity contribution < 1.29 is 24.2 Å². The largest absolute Gasteiger partial charge is 0.481 e. The van der Waals surface area contributed by atoms with Crippen molar-refractivity contribution in [3.8, 4) is 0 Å². The van der Waals surface area contributed by atoms with Crippen molar-refractivity contribution in [1.82, 2.24) is 0 Å². The molecule has 0 bridgehead atoms. The Bertz CT molecular complexity index is 601. The van der Waals surface area contributed by atoms with Crippen LogP contribution in [-0.4, -0.2) is 29.3 Å². The van der Waals surface area contributed by atoms with E-state index >= 15 is 0 Å². The maximum Gasteiger partial charge on any atom is 0.303 e. The SMILES string of the molecule is CCCCCCC(OC(C)=O)C(CCCCCCCCCC(=O)O)OCc1ccccc1. The molecular formula is C27H44O5. The second-order valence-corrected chi connectivity index (χ2v) is 8.74. The molecule has 0 amide bonds. The predicted molar refractivity (Wildman–Crippen MR) is 129 cm³/mol. The van der Waals surface area contributed by atoms with Gasteiger partial charge in [0.05, 0.1) is 12.7 Å². The molecule has 1 aromatic carbocycles. The zero-order valence-corrected chi connectivity index (χ0v) is 20.2. The summed E-state index contributed by atoms with van der Waals surface area (Å²) in [6, 6.07) is 10.1. The fraction of sp³-hybridized carbons (Fsp3) is 0.704. The fourth-order valence-corrected chi connectivity index (χ4v) is 3.97. The summed E-state index contributed by atoms with van der Waals surface area (Å²) in [5, 5.41) is 8.69. The van der Waals surface area contributed by atoms with Crippen LogP contribution in [-0.2, 0) is 25.7 Å². The summed E-state index contributed by atoms with van der Waals surface area (Å²) in [5.74, 6) is -0.941. The Morgan fingerprint density at radius 1 is 0.812 bits per heavy atom. The van der Waals surface area contributed by atoms with Gasteiger partial charge < -0.3 is 14.6 Å². The van der Waals surface area contributed by atoms with Crippen molar-refractivity contribution in [3.63, 3.8) is 0 Å². The lowest BCUT2D eigenvalue weighted by molar-refractivity contribution is -0.157. The lowest BCUT2D eigenvalue weighted by atomic mass is 9.99. The van der Waals surface area contributed by atoms with E-state index in [9.17, 15) is 9.59 Å². The van der Waals surface area contributed by atoms with Crippen LogP contribution < -0.4 is 0 Å². The minimum atomic E-state index is -0.705. The number of carbonyl (C=O) groups is 2.